The molecular weight excluding hydrogens is 620 g/mol. The van der Waals surface area contributed by atoms with Gasteiger partial charge < -0.3 is 19.3 Å². The van der Waals surface area contributed by atoms with Crippen molar-refractivity contribution < 1.29 is 19.1 Å². The summed E-state index contributed by atoms with van der Waals surface area (Å²) in [6, 6.07) is 0. The molecule has 0 N–H and O–H groups in total. The first-order chi connectivity index (χ1) is 24.4. The van der Waals surface area contributed by atoms with Gasteiger partial charge in [0.2, 0.25) is 0 Å². The molecule has 0 amide bonds. The second-order valence-corrected chi connectivity index (χ2v) is 15.8. The van der Waals surface area contributed by atoms with Crippen LogP contribution in [0.25, 0.3) is 0 Å². The van der Waals surface area contributed by atoms with E-state index in [4.69, 9.17) is 9.47 Å². The summed E-state index contributed by atoms with van der Waals surface area (Å²) < 4.78 is 11.4. The van der Waals surface area contributed by atoms with Gasteiger partial charge in [0.15, 0.2) is 0 Å². The number of hydrogen-bond acceptors (Lipinski definition) is 6. The number of unbranched alkanes of at least 4 members (excludes halogenated alkanes) is 16. The Morgan fingerprint density at radius 1 is 0.420 bits per heavy atom. The third kappa shape index (κ3) is 34.0. The lowest BCUT2D eigenvalue weighted by Crippen LogP contribution is -2.33. The number of nitrogens with zero attached hydrogens (tertiary/aromatic N) is 2. The first kappa shape index (κ1) is 48.9. The Kier molecular flexibility index (Phi) is 36.8. The van der Waals surface area contributed by atoms with Gasteiger partial charge in [-0.3, -0.25) is 9.59 Å². The lowest BCUT2D eigenvalue weighted by atomic mass is 9.96. The summed E-state index contributed by atoms with van der Waals surface area (Å²) in [5.74, 6) is 1.11. The van der Waals surface area contributed by atoms with Crippen LogP contribution in [-0.4, -0.2) is 75.2 Å². The van der Waals surface area contributed by atoms with Crippen LogP contribution in [0.15, 0.2) is 0 Å². The molecule has 2 atom stereocenters. The second-order valence-electron chi connectivity index (χ2n) is 15.8. The third-order valence-corrected chi connectivity index (χ3v) is 10.4. The molecule has 0 fully saturated rings. The molecule has 0 bridgehead atoms. The van der Waals surface area contributed by atoms with Gasteiger partial charge in [-0.25, -0.2) is 0 Å². The Hall–Kier alpha value is -1.14. The fourth-order valence-electron chi connectivity index (χ4n) is 6.84. The summed E-state index contributed by atoms with van der Waals surface area (Å²) in [5.41, 5.74) is 0. The van der Waals surface area contributed by atoms with Crippen LogP contribution in [-0.2, 0) is 19.1 Å². The van der Waals surface area contributed by atoms with Crippen LogP contribution in [0.5, 0.6) is 0 Å². The van der Waals surface area contributed by atoms with Gasteiger partial charge in [-0.1, -0.05) is 143 Å². The van der Waals surface area contributed by atoms with Crippen molar-refractivity contribution in [3.05, 3.63) is 0 Å². The summed E-state index contributed by atoms with van der Waals surface area (Å²) in [6.07, 6.45) is 32.6. The largest absolute Gasteiger partial charge is 0.465 e. The molecule has 2 unspecified atom stereocenters. The maximum atomic E-state index is 12.4. The van der Waals surface area contributed by atoms with Crippen molar-refractivity contribution in [2.24, 2.45) is 11.8 Å². The molecule has 6 nitrogen and oxygen atoms in total. The number of likely N-dealkylation sites (N-methyl/N-ethyl adjacent to an activating group) is 1. The Labute approximate surface area is 313 Å². The molecule has 0 aliphatic carbocycles. The highest BCUT2D eigenvalue weighted by molar-refractivity contribution is 5.69. The van der Waals surface area contributed by atoms with Gasteiger partial charge >= 0.3 is 11.9 Å². The van der Waals surface area contributed by atoms with Crippen LogP contribution < -0.4 is 0 Å². The number of carbonyl (C=O) groups excluding carboxylic acids is 2. The van der Waals surface area contributed by atoms with Crippen molar-refractivity contribution in [3.8, 4) is 0 Å². The lowest BCUT2D eigenvalue weighted by Gasteiger charge is -2.24. The van der Waals surface area contributed by atoms with E-state index in [-0.39, 0.29) is 11.9 Å². The zero-order valence-electron chi connectivity index (χ0n) is 34.7. The van der Waals surface area contributed by atoms with Crippen LogP contribution in [0.1, 0.15) is 207 Å². The molecule has 6 heteroatoms. The molecule has 0 aromatic heterocycles. The molecule has 0 aromatic rings. The average molecular weight is 709 g/mol. The highest BCUT2D eigenvalue weighted by Gasteiger charge is 2.13. The van der Waals surface area contributed by atoms with Crippen LogP contribution in [0.3, 0.4) is 0 Å². The minimum absolute atomic E-state index is 0.00860. The molecule has 0 saturated carbocycles. The maximum Gasteiger partial charge on any atom is 0.305 e. The molecule has 0 aromatic carbocycles. The van der Waals surface area contributed by atoms with Crippen LogP contribution >= 0.6 is 0 Å². The molecule has 0 rings (SSSR count). The second kappa shape index (κ2) is 37.6. The topological polar surface area (TPSA) is 59.1 Å². The average Bonchev–Trinajstić information content (AvgIpc) is 3.10. The van der Waals surface area contributed by atoms with E-state index in [1.54, 1.807) is 0 Å². The Morgan fingerprint density at radius 2 is 0.780 bits per heavy atom. The first-order valence-corrected chi connectivity index (χ1v) is 22.0. The standard InChI is InChI=1S/C44H88N2O4/c1-7-11-15-23-31-41(29-13-9-3)39-49-43(47)33-25-19-17-21-27-35-46(38-37-45(5)6)36-28-22-18-20-26-34-44(48)50-40-42(30-14-10-4)32-24-16-12-8-2/h41-42H,7-40H2,1-6H3. The van der Waals surface area contributed by atoms with Gasteiger partial charge in [0.1, 0.15) is 0 Å². The van der Waals surface area contributed by atoms with Crippen molar-refractivity contribution in [2.75, 3.05) is 53.5 Å². The predicted molar refractivity (Wildman–Crippen MR) is 216 cm³/mol. The number of ether oxygens (including phenoxy) is 2. The number of hydrogen-bond donors (Lipinski definition) is 0. The van der Waals surface area contributed by atoms with E-state index < -0.39 is 0 Å². The lowest BCUT2D eigenvalue weighted by molar-refractivity contribution is -0.146. The highest BCUT2D eigenvalue weighted by Crippen LogP contribution is 2.20. The van der Waals surface area contributed by atoms with Crippen LogP contribution in [0.2, 0.25) is 0 Å². The molecule has 0 heterocycles. The zero-order valence-corrected chi connectivity index (χ0v) is 34.7. The van der Waals surface area contributed by atoms with Crippen molar-refractivity contribution >= 4 is 11.9 Å². The van der Waals surface area contributed by atoms with E-state index in [0.29, 0.717) is 37.9 Å². The maximum absolute atomic E-state index is 12.4. The van der Waals surface area contributed by atoms with Gasteiger partial charge in [0, 0.05) is 25.9 Å². The number of rotatable bonds is 39. The molecule has 0 aliphatic heterocycles. The van der Waals surface area contributed by atoms with E-state index in [9.17, 15) is 9.59 Å². The van der Waals surface area contributed by atoms with Crippen molar-refractivity contribution in [3.63, 3.8) is 0 Å². The Bertz CT molecular complexity index is 677. The Balaban J connectivity index is 4.09. The summed E-state index contributed by atoms with van der Waals surface area (Å²) in [7, 11) is 4.32. The number of esters is 2. The van der Waals surface area contributed by atoms with E-state index in [2.05, 4.69) is 51.6 Å². The minimum Gasteiger partial charge on any atom is -0.465 e. The summed E-state index contributed by atoms with van der Waals surface area (Å²) in [5, 5.41) is 0. The van der Waals surface area contributed by atoms with E-state index in [1.807, 2.05) is 0 Å². The fourth-order valence-corrected chi connectivity index (χ4v) is 6.84. The summed E-state index contributed by atoms with van der Waals surface area (Å²) in [4.78, 5) is 29.7. The molecule has 0 radical (unpaired) electrons. The smallest absolute Gasteiger partial charge is 0.305 e. The quantitative estimate of drug-likeness (QED) is 0.0468. The van der Waals surface area contributed by atoms with Crippen molar-refractivity contribution in [1.82, 2.24) is 9.80 Å². The molecular formula is C44H88N2O4. The zero-order chi connectivity index (χ0) is 36.9. The van der Waals surface area contributed by atoms with Gasteiger partial charge in [0.05, 0.1) is 13.2 Å². The molecule has 0 saturated heterocycles. The minimum atomic E-state index is 0.00860. The monoisotopic (exact) mass is 709 g/mol. The predicted octanol–water partition coefficient (Wildman–Crippen LogP) is 12.2. The van der Waals surface area contributed by atoms with Crippen LogP contribution in [0.4, 0.5) is 0 Å². The van der Waals surface area contributed by atoms with Crippen molar-refractivity contribution in [2.45, 2.75) is 207 Å². The van der Waals surface area contributed by atoms with Gasteiger partial charge in [-0.05, 0) is 90.4 Å². The highest BCUT2D eigenvalue weighted by atomic mass is 16.5. The normalized spacial score (nSPS) is 12.9. The van der Waals surface area contributed by atoms with Crippen molar-refractivity contribution in [1.29, 1.82) is 0 Å². The first-order valence-electron chi connectivity index (χ1n) is 22.0. The fraction of sp³-hybridized carbons (Fsp3) is 0.955. The summed E-state index contributed by atoms with van der Waals surface area (Å²) >= 11 is 0. The summed E-state index contributed by atoms with van der Waals surface area (Å²) in [6.45, 7) is 14.8. The van der Waals surface area contributed by atoms with Crippen LogP contribution in [0, 0.1) is 11.8 Å². The molecule has 50 heavy (non-hydrogen) atoms. The number of carbonyl (C=O) groups is 2. The van der Waals surface area contributed by atoms with E-state index in [1.165, 1.54) is 141 Å². The molecule has 0 aliphatic rings. The van der Waals surface area contributed by atoms with Gasteiger partial charge in [0.25, 0.3) is 0 Å². The Morgan fingerprint density at radius 3 is 1.18 bits per heavy atom. The molecule has 298 valence electrons. The van der Waals surface area contributed by atoms with Gasteiger partial charge in [-0.15, -0.1) is 0 Å². The van der Waals surface area contributed by atoms with E-state index in [0.717, 1.165) is 51.9 Å². The SMILES string of the molecule is CCCCCCC(CCCC)COC(=O)CCCCCCCN(CCCCCCCC(=O)OCC(CCCC)CCCCCC)CCN(C)C. The van der Waals surface area contributed by atoms with E-state index >= 15 is 0 Å². The molecule has 0 spiro atoms. The van der Waals surface area contributed by atoms with Gasteiger partial charge in [-0.2, -0.15) is 0 Å². The third-order valence-electron chi connectivity index (χ3n) is 10.4.